The van der Waals surface area contributed by atoms with Gasteiger partial charge in [0.1, 0.15) is 5.52 Å². The minimum Gasteiger partial charge on any atom is -0.431 e. The molecule has 0 aliphatic rings. The minimum atomic E-state index is 0.0829. The zero-order valence-corrected chi connectivity index (χ0v) is 13.3. The molecule has 0 atom stereocenters. The Balaban J connectivity index is 1.74. The Morgan fingerprint density at radius 1 is 1.23 bits per heavy atom. The van der Waals surface area contributed by atoms with Crippen LogP contribution in [0.15, 0.2) is 57.0 Å². The van der Waals surface area contributed by atoms with E-state index in [9.17, 15) is 4.79 Å². The van der Waals surface area contributed by atoms with Crippen molar-refractivity contribution in [3.8, 4) is 0 Å². The molecule has 0 unspecified atom stereocenters. The van der Waals surface area contributed by atoms with Crippen LogP contribution in [0.1, 0.15) is 25.3 Å². The van der Waals surface area contributed by atoms with Crippen molar-refractivity contribution in [2.75, 3.05) is 0 Å². The van der Waals surface area contributed by atoms with Gasteiger partial charge < -0.3 is 8.98 Å². The number of oxazole rings is 1. The van der Waals surface area contributed by atoms with Gasteiger partial charge in [-0.15, -0.1) is 0 Å². The Morgan fingerprint density at radius 2 is 2.09 bits per heavy atom. The van der Waals surface area contributed by atoms with Gasteiger partial charge in [0.15, 0.2) is 5.58 Å². The molecule has 22 heavy (non-hydrogen) atoms. The summed E-state index contributed by atoms with van der Waals surface area (Å²) in [6.07, 6.45) is 3.95. The van der Waals surface area contributed by atoms with Crippen molar-refractivity contribution in [2.45, 2.75) is 37.3 Å². The molecule has 4 nitrogen and oxygen atoms in total. The molecule has 0 amide bonds. The summed E-state index contributed by atoms with van der Waals surface area (Å²) in [6, 6.07) is 11.5. The van der Waals surface area contributed by atoms with Gasteiger partial charge in [0.25, 0.3) is 10.8 Å². The SMILES string of the molecule is CCCCn1cccc(CSc2nc3ccccc3o2)c1=O. The average Bonchev–Trinajstić information content (AvgIpc) is 2.95. The van der Waals surface area contributed by atoms with Crippen LogP contribution in [-0.4, -0.2) is 9.55 Å². The third kappa shape index (κ3) is 3.25. The van der Waals surface area contributed by atoms with E-state index < -0.39 is 0 Å². The minimum absolute atomic E-state index is 0.0829. The summed E-state index contributed by atoms with van der Waals surface area (Å²) in [5, 5.41) is 0.601. The summed E-state index contributed by atoms with van der Waals surface area (Å²) >= 11 is 1.45. The van der Waals surface area contributed by atoms with Crippen LogP contribution < -0.4 is 5.56 Å². The maximum atomic E-state index is 12.4. The van der Waals surface area contributed by atoms with E-state index >= 15 is 0 Å². The predicted octanol–water partition coefficient (Wildman–Crippen LogP) is 4.08. The Bertz CT molecular complexity index is 790. The predicted molar refractivity (Wildman–Crippen MR) is 89.2 cm³/mol. The first-order valence-corrected chi connectivity index (χ1v) is 8.43. The number of pyridine rings is 1. The number of para-hydroxylation sites is 2. The van der Waals surface area contributed by atoms with E-state index in [1.807, 2.05) is 42.6 Å². The van der Waals surface area contributed by atoms with E-state index in [1.165, 1.54) is 11.8 Å². The van der Waals surface area contributed by atoms with Crippen molar-refractivity contribution in [1.29, 1.82) is 0 Å². The number of hydrogen-bond donors (Lipinski definition) is 0. The second-order valence-corrected chi connectivity index (χ2v) is 6.05. The highest BCUT2D eigenvalue weighted by Crippen LogP contribution is 2.25. The van der Waals surface area contributed by atoms with Gasteiger partial charge in [-0.1, -0.05) is 43.3 Å². The second kappa shape index (κ2) is 6.83. The van der Waals surface area contributed by atoms with Crippen molar-refractivity contribution in [2.24, 2.45) is 0 Å². The van der Waals surface area contributed by atoms with Gasteiger partial charge in [-0.3, -0.25) is 4.79 Å². The Hall–Kier alpha value is -2.01. The van der Waals surface area contributed by atoms with Gasteiger partial charge in [-0.25, -0.2) is 4.98 Å². The van der Waals surface area contributed by atoms with Crippen LogP contribution in [0.4, 0.5) is 0 Å². The van der Waals surface area contributed by atoms with E-state index in [-0.39, 0.29) is 5.56 Å². The summed E-state index contributed by atoms with van der Waals surface area (Å²) in [6.45, 7) is 2.90. The smallest absolute Gasteiger partial charge is 0.257 e. The zero-order valence-electron chi connectivity index (χ0n) is 12.5. The molecular formula is C17H18N2O2S. The number of fused-ring (bicyclic) bond motifs is 1. The first kappa shape index (κ1) is 14.9. The van der Waals surface area contributed by atoms with Crippen LogP contribution in [0.25, 0.3) is 11.1 Å². The van der Waals surface area contributed by atoms with E-state index in [0.717, 1.165) is 36.0 Å². The Labute approximate surface area is 133 Å². The molecule has 2 heterocycles. The monoisotopic (exact) mass is 314 g/mol. The molecule has 0 saturated heterocycles. The molecule has 0 radical (unpaired) electrons. The van der Waals surface area contributed by atoms with Gasteiger partial charge in [-0.2, -0.15) is 0 Å². The molecule has 114 valence electrons. The zero-order chi connectivity index (χ0) is 15.4. The number of rotatable bonds is 6. The fraction of sp³-hybridized carbons (Fsp3) is 0.294. The topological polar surface area (TPSA) is 48.0 Å². The van der Waals surface area contributed by atoms with Crippen LogP contribution in [-0.2, 0) is 12.3 Å². The van der Waals surface area contributed by atoms with E-state index in [4.69, 9.17) is 4.42 Å². The number of nitrogens with zero attached hydrogens (tertiary/aromatic N) is 2. The maximum absolute atomic E-state index is 12.4. The lowest BCUT2D eigenvalue weighted by Gasteiger charge is -2.06. The van der Waals surface area contributed by atoms with Gasteiger partial charge in [0.05, 0.1) is 0 Å². The lowest BCUT2D eigenvalue weighted by atomic mass is 10.3. The highest BCUT2D eigenvalue weighted by atomic mass is 32.2. The van der Waals surface area contributed by atoms with Gasteiger partial charge in [0, 0.05) is 24.1 Å². The van der Waals surface area contributed by atoms with E-state index in [2.05, 4.69) is 11.9 Å². The van der Waals surface area contributed by atoms with Crippen molar-refractivity contribution in [1.82, 2.24) is 9.55 Å². The molecule has 0 spiro atoms. The largest absolute Gasteiger partial charge is 0.431 e. The molecular weight excluding hydrogens is 296 g/mol. The fourth-order valence-corrected chi connectivity index (χ4v) is 3.06. The van der Waals surface area contributed by atoms with E-state index in [0.29, 0.717) is 11.0 Å². The number of thioether (sulfide) groups is 1. The van der Waals surface area contributed by atoms with Crippen molar-refractivity contribution >= 4 is 22.9 Å². The maximum Gasteiger partial charge on any atom is 0.257 e. The summed E-state index contributed by atoms with van der Waals surface area (Å²) < 4.78 is 7.45. The summed E-state index contributed by atoms with van der Waals surface area (Å²) in [7, 11) is 0. The quantitative estimate of drug-likeness (QED) is 0.643. The fourth-order valence-electron chi connectivity index (χ4n) is 2.25. The second-order valence-electron chi connectivity index (χ2n) is 5.12. The first-order valence-electron chi connectivity index (χ1n) is 7.44. The average molecular weight is 314 g/mol. The number of unbranched alkanes of at least 4 members (excludes halogenated alkanes) is 1. The molecule has 0 aliphatic carbocycles. The van der Waals surface area contributed by atoms with Crippen molar-refractivity contribution in [3.05, 3.63) is 58.5 Å². The summed E-state index contributed by atoms with van der Waals surface area (Å²) in [5.74, 6) is 0.568. The third-order valence-electron chi connectivity index (χ3n) is 3.48. The van der Waals surface area contributed by atoms with Crippen molar-refractivity contribution in [3.63, 3.8) is 0 Å². The highest BCUT2D eigenvalue weighted by molar-refractivity contribution is 7.98. The van der Waals surface area contributed by atoms with Gasteiger partial charge >= 0.3 is 0 Å². The molecule has 5 heteroatoms. The Morgan fingerprint density at radius 3 is 2.91 bits per heavy atom. The van der Waals surface area contributed by atoms with Crippen molar-refractivity contribution < 1.29 is 4.42 Å². The van der Waals surface area contributed by atoms with Crippen LogP contribution in [0, 0.1) is 0 Å². The van der Waals surface area contributed by atoms with Crippen LogP contribution in [0.5, 0.6) is 0 Å². The molecule has 0 aliphatic heterocycles. The van der Waals surface area contributed by atoms with Crippen LogP contribution >= 0.6 is 11.8 Å². The molecule has 1 aromatic carbocycles. The lowest BCUT2D eigenvalue weighted by Crippen LogP contribution is -2.22. The highest BCUT2D eigenvalue weighted by Gasteiger charge is 2.08. The van der Waals surface area contributed by atoms with E-state index in [1.54, 1.807) is 4.57 Å². The number of benzene rings is 1. The summed E-state index contributed by atoms with van der Waals surface area (Å²) in [5.41, 5.74) is 2.49. The first-order chi connectivity index (χ1) is 10.8. The molecule has 2 aromatic heterocycles. The molecule has 0 N–H and O–H groups in total. The number of aryl methyl sites for hydroxylation is 1. The molecule has 0 saturated carbocycles. The van der Waals surface area contributed by atoms with Crippen LogP contribution in [0.3, 0.4) is 0 Å². The van der Waals surface area contributed by atoms with Gasteiger partial charge in [0.2, 0.25) is 0 Å². The lowest BCUT2D eigenvalue weighted by molar-refractivity contribution is 0.489. The number of hydrogen-bond acceptors (Lipinski definition) is 4. The Kier molecular flexibility index (Phi) is 4.63. The van der Waals surface area contributed by atoms with Gasteiger partial charge in [-0.05, 0) is 24.6 Å². The molecule has 3 aromatic rings. The third-order valence-corrected chi connectivity index (χ3v) is 4.35. The number of aromatic nitrogens is 2. The standard InChI is InChI=1S/C17H18N2O2S/c1-2-3-10-19-11-6-7-13(16(19)20)12-22-17-18-14-8-4-5-9-15(14)21-17/h4-9,11H,2-3,10,12H2,1H3. The summed E-state index contributed by atoms with van der Waals surface area (Å²) in [4.78, 5) is 16.8. The molecule has 0 bridgehead atoms. The normalized spacial score (nSPS) is 11.1. The molecule has 0 fully saturated rings. The van der Waals surface area contributed by atoms with Crippen LogP contribution in [0.2, 0.25) is 0 Å². The molecule has 3 rings (SSSR count).